The molecule has 0 bridgehead atoms. The molecule has 4 rings (SSSR count). The van der Waals surface area contributed by atoms with E-state index in [0.717, 1.165) is 56.4 Å². The van der Waals surface area contributed by atoms with Gasteiger partial charge in [0.2, 0.25) is 5.91 Å². The maximum atomic E-state index is 12.6. The topological polar surface area (TPSA) is 62.7 Å². The summed E-state index contributed by atoms with van der Waals surface area (Å²) in [6, 6.07) is 5.82. The maximum Gasteiger partial charge on any atom is 0.226 e. The first-order chi connectivity index (χ1) is 11.2. The summed E-state index contributed by atoms with van der Waals surface area (Å²) in [7, 11) is 0. The lowest BCUT2D eigenvalue weighted by atomic mass is 10.2. The predicted molar refractivity (Wildman–Crippen MR) is 82.7 cm³/mol. The molecule has 0 radical (unpaired) electrons. The lowest BCUT2D eigenvalue weighted by molar-refractivity contribution is -0.134. The molecule has 1 aliphatic heterocycles. The lowest BCUT2D eigenvalue weighted by Crippen LogP contribution is -2.48. The van der Waals surface area contributed by atoms with Crippen molar-refractivity contribution in [2.45, 2.75) is 25.8 Å². The average molecular weight is 315 g/mol. The van der Waals surface area contributed by atoms with E-state index in [0.29, 0.717) is 0 Å². The van der Waals surface area contributed by atoms with Crippen LogP contribution >= 0.6 is 0 Å². The normalized spacial score (nSPS) is 24.8. The fourth-order valence-electron chi connectivity index (χ4n) is 3.37. The van der Waals surface area contributed by atoms with E-state index in [1.807, 2.05) is 30.0 Å². The first kappa shape index (κ1) is 14.5. The van der Waals surface area contributed by atoms with E-state index in [4.69, 9.17) is 8.94 Å². The Bertz CT molecular complexity index is 671. The molecule has 2 fully saturated rings. The fourth-order valence-corrected chi connectivity index (χ4v) is 3.37. The maximum absolute atomic E-state index is 12.6. The molecule has 0 aromatic carbocycles. The summed E-state index contributed by atoms with van der Waals surface area (Å²) in [5.74, 6) is 2.47. The molecule has 6 nitrogen and oxygen atoms in total. The van der Waals surface area contributed by atoms with Crippen LogP contribution in [0.15, 0.2) is 33.4 Å². The number of carbonyl (C=O) groups is 1. The van der Waals surface area contributed by atoms with Crippen molar-refractivity contribution in [1.82, 2.24) is 15.0 Å². The first-order valence-electron chi connectivity index (χ1n) is 8.17. The summed E-state index contributed by atoms with van der Waals surface area (Å²) >= 11 is 0. The van der Waals surface area contributed by atoms with Crippen molar-refractivity contribution < 1.29 is 13.7 Å². The number of rotatable bonds is 4. The number of furan rings is 1. The van der Waals surface area contributed by atoms with E-state index in [9.17, 15) is 4.79 Å². The van der Waals surface area contributed by atoms with Crippen molar-refractivity contribution in [3.63, 3.8) is 0 Å². The summed E-state index contributed by atoms with van der Waals surface area (Å²) in [4.78, 5) is 16.9. The Morgan fingerprint density at radius 3 is 2.83 bits per heavy atom. The molecule has 2 aromatic heterocycles. The van der Waals surface area contributed by atoms with Gasteiger partial charge in [-0.1, -0.05) is 5.16 Å². The molecule has 122 valence electrons. The zero-order chi connectivity index (χ0) is 15.8. The second-order valence-electron chi connectivity index (χ2n) is 6.49. The Morgan fingerprint density at radius 1 is 1.35 bits per heavy atom. The van der Waals surface area contributed by atoms with Crippen LogP contribution in [0.25, 0.3) is 0 Å². The minimum Gasteiger partial charge on any atom is -0.469 e. The third-order valence-corrected chi connectivity index (χ3v) is 4.76. The molecule has 1 aliphatic carbocycles. The van der Waals surface area contributed by atoms with E-state index in [-0.39, 0.29) is 17.7 Å². The summed E-state index contributed by atoms with van der Waals surface area (Å²) in [6.45, 7) is 6.04. The van der Waals surface area contributed by atoms with Crippen LogP contribution in [0.4, 0.5) is 0 Å². The third-order valence-electron chi connectivity index (χ3n) is 4.76. The number of aryl methyl sites for hydroxylation is 1. The van der Waals surface area contributed by atoms with Crippen LogP contribution in [0.1, 0.15) is 29.6 Å². The Morgan fingerprint density at radius 2 is 2.17 bits per heavy atom. The van der Waals surface area contributed by atoms with E-state index in [2.05, 4.69) is 10.1 Å². The summed E-state index contributed by atoms with van der Waals surface area (Å²) < 4.78 is 10.5. The van der Waals surface area contributed by atoms with Gasteiger partial charge in [0.1, 0.15) is 11.5 Å². The highest BCUT2D eigenvalue weighted by atomic mass is 16.5. The molecule has 2 aliphatic rings. The van der Waals surface area contributed by atoms with Gasteiger partial charge in [-0.3, -0.25) is 9.69 Å². The molecule has 2 atom stereocenters. The number of amides is 1. The van der Waals surface area contributed by atoms with Crippen molar-refractivity contribution >= 4 is 5.91 Å². The molecule has 1 saturated heterocycles. The molecule has 2 unspecified atom stereocenters. The lowest BCUT2D eigenvalue weighted by Gasteiger charge is -2.34. The van der Waals surface area contributed by atoms with Crippen LogP contribution in [0.3, 0.4) is 0 Å². The van der Waals surface area contributed by atoms with E-state index in [1.165, 1.54) is 0 Å². The molecule has 0 N–H and O–H groups in total. The Hall–Kier alpha value is -2.08. The van der Waals surface area contributed by atoms with Gasteiger partial charge in [0, 0.05) is 50.6 Å². The molecule has 6 heteroatoms. The Kier molecular flexibility index (Phi) is 3.69. The van der Waals surface area contributed by atoms with Crippen LogP contribution < -0.4 is 0 Å². The molecule has 0 spiro atoms. The van der Waals surface area contributed by atoms with Gasteiger partial charge in [0.25, 0.3) is 0 Å². The highest BCUT2D eigenvalue weighted by Gasteiger charge is 2.47. The van der Waals surface area contributed by atoms with Gasteiger partial charge in [0.05, 0.1) is 12.0 Å². The predicted octanol–water partition coefficient (Wildman–Crippen LogP) is 2.02. The highest BCUT2D eigenvalue weighted by molar-refractivity contribution is 5.83. The molecule has 2 aromatic rings. The number of nitrogens with zero attached hydrogens (tertiary/aromatic N) is 3. The molecule has 1 saturated carbocycles. The second-order valence-corrected chi connectivity index (χ2v) is 6.49. The largest absolute Gasteiger partial charge is 0.469 e. The fraction of sp³-hybridized carbons (Fsp3) is 0.529. The van der Waals surface area contributed by atoms with Crippen LogP contribution in [0.2, 0.25) is 0 Å². The Balaban J connectivity index is 1.27. The third kappa shape index (κ3) is 3.03. The standard InChI is InChI=1S/C17H21N3O3/c1-12-9-13(18-23-12)11-19-4-6-20(7-5-19)17(21)15-10-14(15)16-3-2-8-22-16/h2-3,8-9,14-15H,4-7,10-11H2,1H3. The van der Waals surface area contributed by atoms with Gasteiger partial charge < -0.3 is 13.8 Å². The minimum atomic E-state index is 0.117. The number of piperazine rings is 1. The van der Waals surface area contributed by atoms with Crippen molar-refractivity contribution in [2.24, 2.45) is 5.92 Å². The van der Waals surface area contributed by atoms with Gasteiger partial charge in [-0.2, -0.15) is 0 Å². The quantitative estimate of drug-likeness (QED) is 0.864. The zero-order valence-corrected chi connectivity index (χ0v) is 13.3. The number of carbonyl (C=O) groups excluding carboxylic acids is 1. The second kappa shape index (κ2) is 5.85. The van der Waals surface area contributed by atoms with Crippen molar-refractivity contribution in [2.75, 3.05) is 26.2 Å². The smallest absolute Gasteiger partial charge is 0.226 e. The van der Waals surface area contributed by atoms with Crippen LogP contribution in [0.5, 0.6) is 0 Å². The van der Waals surface area contributed by atoms with Crippen LogP contribution in [-0.4, -0.2) is 47.0 Å². The van der Waals surface area contributed by atoms with Crippen molar-refractivity contribution in [3.8, 4) is 0 Å². The molecular weight excluding hydrogens is 294 g/mol. The van der Waals surface area contributed by atoms with Gasteiger partial charge in [-0.15, -0.1) is 0 Å². The van der Waals surface area contributed by atoms with Crippen LogP contribution in [0, 0.1) is 12.8 Å². The molecular formula is C17H21N3O3. The molecule has 3 heterocycles. The van der Waals surface area contributed by atoms with Gasteiger partial charge in [-0.05, 0) is 25.5 Å². The minimum absolute atomic E-state index is 0.117. The number of hydrogen-bond donors (Lipinski definition) is 0. The first-order valence-corrected chi connectivity index (χ1v) is 8.17. The SMILES string of the molecule is Cc1cc(CN2CCN(C(=O)C3CC3c3ccco3)CC2)no1. The number of aromatic nitrogens is 1. The van der Waals surface area contributed by atoms with E-state index < -0.39 is 0 Å². The van der Waals surface area contributed by atoms with Crippen molar-refractivity contribution in [3.05, 3.63) is 41.7 Å². The van der Waals surface area contributed by atoms with Gasteiger partial charge in [0.15, 0.2) is 0 Å². The molecule has 23 heavy (non-hydrogen) atoms. The summed E-state index contributed by atoms with van der Waals surface area (Å²) in [5, 5.41) is 4.03. The van der Waals surface area contributed by atoms with E-state index >= 15 is 0 Å². The molecule has 1 amide bonds. The van der Waals surface area contributed by atoms with Gasteiger partial charge >= 0.3 is 0 Å². The summed E-state index contributed by atoms with van der Waals surface area (Å²) in [6.07, 6.45) is 2.60. The summed E-state index contributed by atoms with van der Waals surface area (Å²) in [5.41, 5.74) is 0.961. The van der Waals surface area contributed by atoms with Crippen LogP contribution in [-0.2, 0) is 11.3 Å². The number of hydrogen-bond acceptors (Lipinski definition) is 5. The highest BCUT2D eigenvalue weighted by Crippen LogP contribution is 2.48. The monoisotopic (exact) mass is 315 g/mol. The van der Waals surface area contributed by atoms with E-state index in [1.54, 1.807) is 6.26 Å². The Labute approximate surface area is 135 Å². The zero-order valence-electron chi connectivity index (χ0n) is 13.3. The van der Waals surface area contributed by atoms with Crippen molar-refractivity contribution in [1.29, 1.82) is 0 Å². The van der Waals surface area contributed by atoms with Gasteiger partial charge in [-0.25, -0.2) is 0 Å². The average Bonchev–Trinajstić information content (AvgIpc) is 2.96.